The number of oxazole rings is 1. The lowest BCUT2D eigenvalue weighted by Gasteiger charge is -2.31. The first-order chi connectivity index (χ1) is 13.6. The molecule has 5 heteroatoms. The summed E-state index contributed by atoms with van der Waals surface area (Å²) in [5, 5.41) is 0. The van der Waals surface area contributed by atoms with Crippen LogP contribution >= 0.6 is 0 Å². The van der Waals surface area contributed by atoms with Crippen LogP contribution in [0.15, 0.2) is 47.1 Å². The van der Waals surface area contributed by atoms with E-state index in [1.807, 2.05) is 38.4 Å². The molecular weight excluding hydrogens is 350 g/mol. The van der Waals surface area contributed by atoms with E-state index in [0.29, 0.717) is 11.8 Å². The Morgan fingerprint density at radius 1 is 1.11 bits per heavy atom. The Hall–Kier alpha value is -2.66. The van der Waals surface area contributed by atoms with Gasteiger partial charge < -0.3 is 9.15 Å². The van der Waals surface area contributed by atoms with Crippen molar-refractivity contribution in [3.8, 4) is 17.2 Å². The molecule has 0 saturated carbocycles. The zero-order chi connectivity index (χ0) is 19.5. The quantitative estimate of drug-likeness (QED) is 0.643. The standard InChI is InChI=1S/C23H27N3O2/c1-16-14-20(4-5-22(16)27-3)23-25-21(17(2)28-23)15-26-12-8-19(9-13-26)18-6-10-24-11-7-18/h4-7,10-11,14,19H,8-9,12-13,15H2,1-3H3. The molecule has 28 heavy (non-hydrogen) atoms. The number of ether oxygens (including phenoxy) is 1. The second-order valence-corrected chi connectivity index (χ2v) is 7.54. The van der Waals surface area contributed by atoms with E-state index in [2.05, 4.69) is 28.1 Å². The molecule has 0 unspecified atom stereocenters. The molecule has 0 bridgehead atoms. The van der Waals surface area contributed by atoms with Gasteiger partial charge in [0.15, 0.2) is 0 Å². The van der Waals surface area contributed by atoms with E-state index in [-0.39, 0.29) is 0 Å². The second-order valence-electron chi connectivity index (χ2n) is 7.54. The molecule has 5 nitrogen and oxygen atoms in total. The van der Waals surface area contributed by atoms with E-state index in [4.69, 9.17) is 14.1 Å². The number of nitrogens with zero attached hydrogens (tertiary/aromatic N) is 3. The van der Waals surface area contributed by atoms with Crippen molar-refractivity contribution in [3.63, 3.8) is 0 Å². The Bertz CT molecular complexity index is 928. The van der Waals surface area contributed by atoms with Gasteiger partial charge in [-0.05, 0) is 87.2 Å². The van der Waals surface area contributed by atoms with Gasteiger partial charge in [-0.3, -0.25) is 9.88 Å². The molecule has 0 atom stereocenters. The van der Waals surface area contributed by atoms with Crippen LogP contribution < -0.4 is 4.74 Å². The maximum atomic E-state index is 5.98. The van der Waals surface area contributed by atoms with E-state index in [0.717, 1.165) is 48.0 Å². The molecule has 146 valence electrons. The summed E-state index contributed by atoms with van der Waals surface area (Å²) in [7, 11) is 1.69. The molecule has 1 saturated heterocycles. The number of piperidine rings is 1. The number of hydrogen-bond donors (Lipinski definition) is 0. The van der Waals surface area contributed by atoms with Gasteiger partial charge in [-0.2, -0.15) is 0 Å². The first kappa shape index (κ1) is 18.7. The van der Waals surface area contributed by atoms with Crippen LogP contribution in [0.2, 0.25) is 0 Å². The van der Waals surface area contributed by atoms with Gasteiger partial charge in [0.2, 0.25) is 5.89 Å². The summed E-state index contributed by atoms with van der Waals surface area (Å²) >= 11 is 0. The molecule has 1 aliphatic heterocycles. The maximum absolute atomic E-state index is 5.98. The number of methoxy groups -OCH3 is 1. The van der Waals surface area contributed by atoms with Gasteiger partial charge in [0.05, 0.1) is 12.8 Å². The predicted octanol–water partition coefficient (Wildman–Crippen LogP) is 4.74. The minimum Gasteiger partial charge on any atom is -0.496 e. The van der Waals surface area contributed by atoms with Gasteiger partial charge >= 0.3 is 0 Å². The van der Waals surface area contributed by atoms with Crippen molar-refractivity contribution in [2.24, 2.45) is 0 Å². The first-order valence-corrected chi connectivity index (χ1v) is 9.87. The van der Waals surface area contributed by atoms with Crippen LogP contribution in [0.5, 0.6) is 5.75 Å². The molecule has 4 rings (SSSR count). The summed E-state index contributed by atoms with van der Waals surface area (Å²) in [6, 6.07) is 10.3. The number of rotatable bonds is 5. The summed E-state index contributed by atoms with van der Waals surface area (Å²) in [6.07, 6.45) is 6.13. The molecule has 0 aliphatic carbocycles. The third kappa shape index (κ3) is 3.94. The maximum Gasteiger partial charge on any atom is 0.226 e. The van der Waals surface area contributed by atoms with Gasteiger partial charge in [0, 0.05) is 24.5 Å². The van der Waals surface area contributed by atoms with Crippen molar-refractivity contribution in [1.82, 2.24) is 14.9 Å². The van der Waals surface area contributed by atoms with Crippen molar-refractivity contribution >= 4 is 0 Å². The fraction of sp³-hybridized carbons (Fsp3) is 0.391. The van der Waals surface area contributed by atoms with Crippen LogP contribution in [0.3, 0.4) is 0 Å². The molecule has 1 aromatic carbocycles. The van der Waals surface area contributed by atoms with Gasteiger partial charge in [-0.25, -0.2) is 4.98 Å². The van der Waals surface area contributed by atoms with Gasteiger partial charge in [0.1, 0.15) is 11.5 Å². The van der Waals surface area contributed by atoms with Crippen LogP contribution in [0, 0.1) is 13.8 Å². The van der Waals surface area contributed by atoms with Crippen LogP contribution in [0.1, 0.15) is 41.3 Å². The molecule has 1 fully saturated rings. The summed E-state index contributed by atoms with van der Waals surface area (Å²) in [5.41, 5.74) is 4.51. The van der Waals surface area contributed by atoms with Gasteiger partial charge in [-0.1, -0.05) is 0 Å². The molecule has 2 aromatic heterocycles. The number of aromatic nitrogens is 2. The minimum absolute atomic E-state index is 0.635. The number of likely N-dealkylation sites (tertiary alicyclic amines) is 1. The van der Waals surface area contributed by atoms with E-state index in [1.165, 1.54) is 18.4 Å². The predicted molar refractivity (Wildman–Crippen MR) is 109 cm³/mol. The van der Waals surface area contributed by atoms with E-state index in [1.54, 1.807) is 7.11 Å². The highest BCUT2D eigenvalue weighted by molar-refractivity contribution is 5.57. The van der Waals surface area contributed by atoms with Gasteiger partial charge in [0.25, 0.3) is 0 Å². The number of pyridine rings is 1. The zero-order valence-corrected chi connectivity index (χ0v) is 16.8. The monoisotopic (exact) mass is 377 g/mol. The molecule has 0 radical (unpaired) electrons. The van der Waals surface area contributed by atoms with Crippen LogP contribution in [-0.2, 0) is 6.54 Å². The normalized spacial score (nSPS) is 15.7. The lowest BCUT2D eigenvalue weighted by atomic mass is 9.90. The Morgan fingerprint density at radius 2 is 1.86 bits per heavy atom. The highest BCUT2D eigenvalue weighted by Gasteiger charge is 2.22. The molecule has 3 heterocycles. The SMILES string of the molecule is COc1ccc(-c2nc(CN3CCC(c4ccncc4)CC3)c(C)o2)cc1C. The van der Waals surface area contributed by atoms with Crippen LogP contribution in [0.4, 0.5) is 0 Å². The molecule has 3 aromatic rings. The lowest BCUT2D eigenvalue weighted by Crippen LogP contribution is -2.32. The summed E-state index contributed by atoms with van der Waals surface area (Å²) in [6.45, 7) is 7.04. The van der Waals surface area contributed by atoms with E-state index >= 15 is 0 Å². The van der Waals surface area contributed by atoms with Gasteiger partial charge in [-0.15, -0.1) is 0 Å². The molecular formula is C23H27N3O2. The highest BCUT2D eigenvalue weighted by Crippen LogP contribution is 2.30. The van der Waals surface area contributed by atoms with Crippen molar-refractivity contribution < 1.29 is 9.15 Å². The fourth-order valence-electron chi connectivity index (χ4n) is 3.98. The average molecular weight is 377 g/mol. The van der Waals surface area contributed by atoms with Crippen molar-refractivity contribution in [2.45, 2.75) is 39.2 Å². The van der Waals surface area contributed by atoms with Crippen molar-refractivity contribution in [1.29, 1.82) is 0 Å². The number of aryl methyl sites for hydroxylation is 2. The summed E-state index contributed by atoms with van der Waals surface area (Å²) in [5.74, 6) is 3.10. The Kier molecular flexibility index (Phi) is 5.44. The molecule has 1 aliphatic rings. The van der Waals surface area contributed by atoms with E-state index in [9.17, 15) is 0 Å². The van der Waals surface area contributed by atoms with Crippen molar-refractivity contribution in [2.75, 3.05) is 20.2 Å². The summed E-state index contributed by atoms with van der Waals surface area (Å²) in [4.78, 5) is 11.4. The minimum atomic E-state index is 0.635. The molecule has 0 spiro atoms. The molecule has 0 N–H and O–H groups in total. The van der Waals surface area contributed by atoms with Crippen molar-refractivity contribution in [3.05, 3.63) is 65.3 Å². The lowest BCUT2D eigenvalue weighted by molar-refractivity contribution is 0.202. The topological polar surface area (TPSA) is 51.4 Å². The average Bonchev–Trinajstić information content (AvgIpc) is 3.09. The van der Waals surface area contributed by atoms with Crippen LogP contribution in [-0.4, -0.2) is 35.1 Å². The van der Waals surface area contributed by atoms with Crippen LogP contribution in [0.25, 0.3) is 11.5 Å². The third-order valence-electron chi connectivity index (χ3n) is 5.67. The smallest absolute Gasteiger partial charge is 0.226 e. The Balaban J connectivity index is 1.42. The third-order valence-corrected chi connectivity index (χ3v) is 5.67. The summed E-state index contributed by atoms with van der Waals surface area (Å²) < 4.78 is 11.3. The molecule has 0 amide bonds. The second kappa shape index (κ2) is 8.15. The zero-order valence-electron chi connectivity index (χ0n) is 16.8. The number of hydrogen-bond acceptors (Lipinski definition) is 5. The first-order valence-electron chi connectivity index (χ1n) is 9.87. The van der Waals surface area contributed by atoms with E-state index < -0.39 is 0 Å². The number of benzene rings is 1. The largest absolute Gasteiger partial charge is 0.496 e. The fourth-order valence-corrected chi connectivity index (χ4v) is 3.98. The Morgan fingerprint density at radius 3 is 2.54 bits per heavy atom. The Labute approximate surface area is 166 Å². The highest BCUT2D eigenvalue weighted by atomic mass is 16.5.